The maximum absolute atomic E-state index is 12.8. The largest absolute Gasteiger partial charge is 0.462 e. The Bertz CT molecular complexity index is 1480. The average molecular weight is 584 g/mol. The number of carbonyl (C=O) groups is 3. The number of thioether (sulfide) groups is 1. The topological polar surface area (TPSA) is 115 Å². The molecular formula is C27H23Cl2N5O4S. The van der Waals surface area contributed by atoms with E-state index in [1.807, 2.05) is 30.3 Å². The van der Waals surface area contributed by atoms with Gasteiger partial charge in [0.1, 0.15) is 0 Å². The van der Waals surface area contributed by atoms with Gasteiger partial charge in [0.15, 0.2) is 11.0 Å². The summed E-state index contributed by atoms with van der Waals surface area (Å²) in [6.45, 7) is 2.04. The van der Waals surface area contributed by atoms with E-state index in [9.17, 15) is 14.4 Å². The van der Waals surface area contributed by atoms with Gasteiger partial charge >= 0.3 is 5.97 Å². The van der Waals surface area contributed by atoms with E-state index in [0.29, 0.717) is 27.3 Å². The van der Waals surface area contributed by atoms with Crippen LogP contribution in [0.15, 0.2) is 78.0 Å². The van der Waals surface area contributed by atoms with Crippen molar-refractivity contribution in [3.8, 4) is 5.69 Å². The number of hydrogen-bond acceptors (Lipinski definition) is 7. The summed E-state index contributed by atoms with van der Waals surface area (Å²) in [4.78, 5) is 37.4. The molecule has 2 N–H and O–H groups in total. The number of aromatic nitrogens is 3. The Kier molecular flexibility index (Phi) is 9.59. The van der Waals surface area contributed by atoms with Crippen molar-refractivity contribution in [3.05, 3.63) is 99.8 Å². The minimum Gasteiger partial charge on any atom is -0.462 e. The van der Waals surface area contributed by atoms with E-state index >= 15 is 0 Å². The molecule has 2 amide bonds. The minimum absolute atomic E-state index is 0.0118. The fourth-order valence-corrected chi connectivity index (χ4v) is 4.55. The second-order valence-electron chi connectivity index (χ2n) is 8.01. The number of anilines is 1. The lowest BCUT2D eigenvalue weighted by atomic mass is 10.2. The summed E-state index contributed by atoms with van der Waals surface area (Å²) in [5, 5.41) is 15.3. The number of ether oxygens (including phenoxy) is 1. The molecule has 3 aromatic carbocycles. The lowest BCUT2D eigenvalue weighted by Gasteiger charge is -2.12. The molecule has 0 aliphatic carbocycles. The number of hydrogen-bond donors (Lipinski definition) is 2. The number of nitrogens with zero attached hydrogens (tertiary/aromatic N) is 3. The van der Waals surface area contributed by atoms with Crippen LogP contribution in [0.1, 0.15) is 33.5 Å². The Hall–Kier alpha value is -3.86. The maximum Gasteiger partial charge on any atom is 0.338 e. The first kappa shape index (κ1) is 28.2. The molecule has 0 atom stereocenters. The second kappa shape index (κ2) is 13.3. The standard InChI is InChI=1S/C27H23Cl2N5O4S/c1-2-38-26(37)18-10-13-21(29)22(14-18)31-24(35)16-39-27-33-32-23(34(27)20-6-4-3-5-7-20)15-30-25(36)17-8-11-19(28)12-9-17/h3-14H,2,15-16H2,1H3,(H,30,36)(H,31,35). The molecule has 4 aromatic rings. The normalized spacial score (nSPS) is 10.6. The molecule has 9 nitrogen and oxygen atoms in total. The molecule has 0 fully saturated rings. The van der Waals surface area contributed by atoms with Crippen molar-refractivity contribution in [2.24, 2.45) is 0 Å². The molecule has 0 aliphatic heterocycles. The number of carbonyl (C=O) groups excluding carboxylic acids is 3. The SMILES string of the molecule is CCOC(=O)c1ccc(Cl)c(NC(=O)CSc2nnc(CNC(=O)c3ccc(Cl)cc3)n2-c2ccccc2)c1. The molecule has 4 rings (SSSR count). The first-order valence-electron chi connectivity index (χ1n) is 11.8. The molecule has 0 bridgehead atoms. The summed E-state index contributed by atoms with van der Waals surface area (Å²) >= 11 is 13.3. The van der Waals surface area contributed by atoms with Gasteiger partial charge < -0.3 is 15.4 Å². The van der Waals surface area contributed by atoms with Gasteiger partial charge in [0.2, 0.25) is 5.91 Å². The van der Waals surface area contributed by atoms with E-state index in [2.05, 4.69) is 20.8 Å². The van der Waals surface area contributed by atoms with Crippen LogP contribution in [0.5, 0.6) is 0 Å². The first-order chi connectivity index (χ1) is 18.9. The van der Waals surface area contributed by atoms with Crippen LogP contribution in [0.3, 0.4) is 0 Å². The van der Waals surface area contributed by atoms with Gasteiger partial charge in [-0.3, -0.25) is 14.2 Å². The van der Waals surface area contributed by atoms with E-state index in [1.165, 1.54) is 18.2 Å². The van der Waals surface area contributed by atoms with E-state index in [4.69, 9.17) is 27.9 Å². The number of para-hydroxylation sites is 1. The van der Waals surface area contributed by atoms with Crippen LogP contribution < -0.4 is 10.6 Å². The van der Waals surface area contributed by atoms with Crippen molar-refractivity contribution in [1.82, 2.24) is 20.1 Å². The molecule has 1 aromatic heterocycles. The predicted octanol–water partition coefficient (Wildman–Crippen LogP) is 5.41. The Morgan fingerprint density at radius 3 is 2.38 bits per heavy atom. The van der Waals surface area contributed by atoms with Crippen molar-refractivity contribution in [2.45, 2.75) is 18.6 Å². The molecular weight excluding hydrogens is 561 g/mol. The van der Waals surface area contributed by atoms with Crippen LogP contribution in [-0.2, 0) is 16.1 Å². The van der Waals surface area contributed by atoms with Gasteiger partial charge in [-0.25, -0.2) is 4.79 Å². The molecule has 0 spiro atoms. The van der Waals surface area contributed by atoms with Crippen LogP contribution >= 0.6 is 35.0 Å². The fraction of sp³-hybridized carbons (Fsp3) is 0.148. The molecule has 12 heteroatoms. The number of amides is 2. The molecule has 1 heterocycles. The predicted molar refractivity (Wildman–Crippen MR) is 151 cm³/mol. The Morgan fingerprint density at radius 2 is 1.67 bits per heavy atom. The zero-order valence-corrected chi connectivity index (χ0v) is 23.0. The first-order valence-corrected chi connectivity index (χ1v) is 13.5. The quantitative estimate of drug-likeness (QED) is 0.189. The molecule has 0 saturated heterocycles. The molecule has 0 radical (unpaired) electrons. The fourth-order valence-electron chi connectivity index (χ4n) is 3.49. The summed E-state index contributed by atoms with van der Waals surface area (Å²) < 4.78 is 6.78. The highest BCUT2D eigenvalue weighted by molar-refractivity contribution is 7.99. The summed E-state index contributed by atoms with van der Waals surface area (Å²) in [5.74, 6) is -0.683. The van der Waals surface area contributed by atoms with Gasteiger partial charge in [0.25, 0.3) is 5.91 Å². The molecule has 0 aliphatic rings. The van der Waals surface area contributed by atoms with Gasteiger partial charge in [-0.2, -0.15) is 0 Å². The number of halogens is 2. The number of nitrogens with one attached hydrogen (secondary N) is 2. The van der Waals surface area contributed by atoms with E-state index in [-0.39, 0.29) is 41.3 Å². The van der Waals surface area contributed by atoms with Crippen molar-refractivity contribution >= 4 is 58.4 Å². The second-order valence-corrected chi connectivity index (χ2v) is 9.80. The van der Waals surface area contributed by atoms with Gasteiger partial charge in [-0.05, 0) is 61.5 Å². The van der Waals surface area contributed by atoms with E-state index in [1.54, 1.807) is 35.8 Å². The van der Waals surface area contributed by atoms with E-state index in [0.717, 1.165) is 17.4 Å². The number of esters is 1. The van der Waals surface area contributed by atoms with Crippen LogP contribution in [0.25, 0.3) is 5.69 Å². The van der Waals surface area contributed by atoms with E-state index < -0.39 is 5.97 Å². The molecule has 0 saturated carbocycles. The highest BCUT2D eigenvalue weighted by Crippen LogP contribution is 2.26. The van der Waals surface area contributed by atoms with Gasteiger partial charge in [-0.1, -0.05) is 53.2 Å². The van der Waals surface area contributed by atoms with Crippen molar-refractivity contribution in [2.75, 3.05) is 17.7 Å². The molecule has 0 unspecified atom stereocenters. The van der Waals surface area contributed by atoms with Gasteiger partial charge in [0, 0.05) is 16.3 Å². The van der Waals surface area contributed by atoms with Crippen molar-refractivity contribution in [3.63, 3.8) is 0 Å². The van der Waals surface area contributed by atoms with Crippen LogP contribution in [0.2, 0.25) is 10.0 Å². The van der Waals surface area contributed by atoms with Crippen LogP contribution in [0.4, 0.5) is 5.69 Å². The maximum atomic E-state index is 12.8. The Morgan fingerprint density at radius 1 is 0.949 bits per heavy atom. The monoisotopic (exact) mass is 583 g/mol. The number of benzene rings is 3. The zero-order chi connectivity index (χ0) is 27.8. The minimum atomic E-state index is -0.509. The Labute approximate surface area is 238 Å². The third kappa shape index (κ3) is 7.38. The van der Waals surface area contributed by atoms with Gasteiger partial charge in [0.05, 0.1) is 35.2 Å². The van der Waals surface area contributed by atoms with Crippen LogP contribution in [0, 0.1) is 0 Å². The Balaban J connectivity index is 1.47. The van der Waals surface area contributed by atoms with Gasteiger partial charge in [-0.15, -0.1) is 10.2 Å². The summed E-state index contributed by atoms with van der Waals surface area (Å²) in [6, 6.07) is 20.4. The zero-order valence-electron chi connectivity index (χ0n) is 20.7. The van der Waals surface area contributed by atoms with Crippen molar-refractivity contribution in [1.29, 1.82) is 0 Å². The molecule has 39 heavy (non-hydrogen) atoms. The number of rotatable bonds is 10. The lowest BCUT2D eigenvalue weighted by Crippen LogP contribution is -2.24. The average Bonchev–Trinajstić information content (AvgIpc) is 3.35. The summed E-state index contributed by atoms with van der Waals surface area (Å²) in [6.07, 6.45) is 0. The third-order valence-electron chi connectivity index (χ3n) is 5.31. The third-order valence-corrected chi connectivity index (χ3v) is 6.82. The lowest BCUT2D eigenvalue weighted by molar-refractivity contribution is -0.113. The highest BCUT2D eigenvalue weighted by atomic mass is 35.5. The van der Waals surface area contributed by atoms with Crippen LogP contribution in [-0.4, -0.2) is 44.9 Å². The summed E-state index contributed by atoms with van der Waals surface area (Å²) in [5.41, 5.74) is 1.80. The smallest absolute Gasteiger partial charge is 0.338 e. The molecule has 200 valence electrons. The van der Waals surface area contributed by atoms with Crippen molar-refractivity contribution < 1.29 is 19.1 Å². The summed E-state index contributed by atoms with van der Waals surface area (Å²) in [7, 11) is 0. The highest BCUT2D eigenvalue weighted by Gasteiger charge is 2.18.